The number of carbonyl (C=O) groups is 2. The molecule has 2 aliphatic rings. The molecule has 2 fully saturated rings. The van der Waals surface area contributed by atoms with Crippen LogP contribution in [-0.4, -0.2) is 85.4 Å². The summed E-state index contributed by atoms with van der Waals surface area (Å²) in [6, 6.07) is 0. The Morgan fingerprint density at radius 3 is 1.96 bits per heavy atom. The van der Waals surface area contributed by atoms with Crippen molar-refractivity contribution >= 4 is 11.8 Å². The molecular formula is C17H32N4O2. The first-order valence-corrected chi connectivity index (χ1v) is 9.18. The van der Waals surface area contributed by atoms with Gasteiger partial charge in [-0.05, 0) is 19.3 Å². The molecule has 2 amide bonds. The zero-order chi connectivity index (χ0) is 16.5. The van der Waals surface area contributed by atoms with Crippen molar-refractivity contribution in [3.8, 4) is 0 Å². The number of amides is 2. The van der Waals surface area contributed by atoms with E-state index in [4.69, 9.17) is 0 Å². The smallest absolute Gasteiger partial charge is 0.236 e. The molecule has 1 N–H and O–H groups in total. The minimum atomic E-state index is 0.112. The van der Waals surface area contributed by atoms with Crippen LogP contribution >= 0.6 is 0 Å². The monoisotopic (exact) mass is 324 g/mol. The molecule has 0 bridgehead atoms. The Balaban J connectivity index is 1.65. The fourth-order valence-corrected chi connectivity index (χ4v) is 3.24. The molecular weight excluding hydrogens is 292 g/mol. The van der Waals surface area contributed by atoms with E-state index in [9.17, 15) is 9.59 Å². The highest BCUT2D eigenvalue weighted by molar-refractivity contribution is 5.78. The van der Waals surface area contributed by atoms with Crippen LogP contribution in [0.1, 0.15) is 39.0 Å². The van der Waals surface area contributed by atoms with Crippen LogP contribution in [0.3, 0.4) is 0 Å². The molecule has 6 nitrogen and oxygen atoms in total. The van der Waals surface area contributed by atoms with Gasteiger partial charge >= 0.3 is 0 Å². The Morgan fingerprint density at radius 1 is 0.826 bits per heavy atom. The van der Waals surface area contributed by atoms with Gasteiger partial charge in [0.25, 0.3) is 0 Å². The van der Waals surface area contributed by atoms with Crippen molar-refractivity contribution in [2.75, 3.05) is 58.9 Å². The average molecular weight is 324 g/mol. The standard InChI is InChI=1S/C17H32N4O2/c1-2-7-18-16(22)14-19-10-12-20(13-11-19)15-17(23)21-8-5-3-4-6-9-21/h2-15H2,1H3,(H,18,22). The molecule has 0 saturated carbocycles. The molecule has 0 radical (unpaired) electrons. The van der Waals surface area contributed by atoms with Gasteiger partial charge in [-0.25, -0.2) is 0 Å². The summed E-state index contributed by atoms with van der Waals surface area (Å²) >= 11 is 0. The first-order chi connectivity index (χ1) is 11.2. The van der Waals surface area contributed by atoms with Gasteiger partial charge in [0.1, 0.15) is 0 Å². The molecule has 0 aromatic carbocycles. The highest BCUT2D eigenvalue weighted by Crippen LogP contribution is 2.10. The van der Waals surface area contributed by atoms with E-state index in [1.54, 1.807) is 0 Å². The summed E-state index contributed by atoms with van der Waals surface area (Å²) in [6.07, 6.45) is 5.77. The van der Waals surface area contributed by atoms with Crippen LogP contribution in [0.4, 0.5) is 0 Å². The van der Waals surface area contributed by atoms with E-state index in [1.165, 1.54) is 12.8 Å². The van der Waals surface area contributed by atoms with Gasteiger partial charge in [0.2, 0.25) is 11.8 Å². The maximum absolute atomic E-state index is 12.4. The normalized spacial score (nSPS) is 21.0. The first-order valence-electron chi connectivity index (χ1n) is 9.18. The van der Waals surface area contributed by atoms with Gasteiger partial charge in [0.05, 0.1) is 13.1 Å². The molecule has 6 heteroatoms. The number of nitrogens with one attached hydrogen (secondary N) is 1. The summed E-state index contributed by atoms with van der Waals surface area (Å²) in [5, 5.41) is 2.92. The summed E-state index contributed by atoms with van der Waals surface area (Å²) in [6.45, 7) is 9.17. The predicted molar refractivity (Wildman–Crippen MR) is 91.2 cm³/mol. The van der Waals surface area contributed by atoms with Crippen molar-refractivity contribution < 1.29 is 9.59 Å². The number of rotatable bonds is 6. The van der Waals surface area contributed by atoms with Crippen LogP contribution in [0.5, 0.6) is 0 Å². The van der Waals surface area contributed by atoms with Crippen LogP contribution in [0, 0.1) is 0 Å². The summed E-state index contributed by atoms with van der Waals surface area (Å²) < 4.78 is 0. The largest absolute Gasteiger partial charge is 0.355 e. The molecule has 0 aromatic heterocycles. The number of nitrogens with zero attached hydrogens (tertiary/aromatic N) is 3. The zero-order valence-electron chi connectivity index (χ0n) is 14.6. The highest BCUT2D eigenvalue weighted by atomic mass is 16.2. The number of hydrogen-bond acceptors (Lipinski definition) is 4. The lowest BCUT2D eigenvalue weighted by molar-refractivity contribution is -0.133. The third kappa shape index (κ3) is 6.47. The zero-order valence-corrected chi connectivity index (χ0v) is 14.6. The van der Waals surface area contributed by atoms with Crippen molar-refractivity contribution in [3.63, 3.8) is 0 Å². The van der Waals surface area contributed by atoms with Crippen molar-refractivity contribution in [2.45, 2.75) is 39.0 Å². The molecule has 2 saturated heterocycles. The molecule has 0 unspecified atom stereocenters. The highest BCUT2D eigenvalue weighted by Gasteiger charge is 2.23. The van der Waals surface area contributed by atoms with Gasteiger partial charge < -0.3 is 10.2 Å². The van der Waals surface area contributed by atoms with Crippen molar-refractivity contribution in [3.05, 3.63) is 0 Å². The third-order valence-corrected chi connectivity index (χ3v) is 4.72. The van der Waals surface area contributed by atoms with Gasteiger partial charge in [-0.2, -0.15) is 0 Å². The van der Waals surface area contributed by atoms with E-state index in [-0.39, 0.29) is 11.8 Å². The van der Waals surface area contributed by atoms with E-state index >= 15 is 0 Å². The third-order valence-electron chi connectivity index (χ3n) is 4.72. The maximum atomic E-state index is 12.4. The summed E-state index contributed by atoms with van der Waals surface area (Å²) in [5.74, 6) is 0.391. The second-order valence-electron chi connectivity index (χ2n) is 6.70. The van der Waals surface area contributed by atoms with Gasteiger partial charge in [-0.1, -0.05) is 19.8 Å². The SMILES string of the molecule is CCCNC(=O)CN1CCN(CC(=O)N2CCCCCC2)CC1. The van der Waals surface area contributed by atoms with Gasteiger partial charge in [-0.15, -0.1) is 0 Å². The van der Waals surface area contributed by atoms with Gasteiger partial charge in [0.15, 0.2) is 0 Å². The first kappa shape index (κ1) is 18.2. The molecule has 2 heterocycles. The van der Waals surface area contributed by atoms with Gasteiger partial charge in [0, 0.05) is 45.8 Å². The number of piperazine rings is 1. The summed E-state index contributed by atoms with van der Waals surface area (Å²) in [7, 11) is 0. The fraction of sp³-hybridized carbons (Fsp3) is 0.882. The number of likely N-dealkylation sites (tertiary alicyclic amines) is 1. The Morgan fingerprint density at radius 2 is 1.39 bits per heavy atom. The van der Waals surface area contributed by atoms with Crippen LogP contribution in [-0.2, 0) is 9.59 Å². The lowest BCUT2D eigenvalue weighted by Gasteiger charge is -2.35. The van der Waals surface area contributed by atoms with Gasteiger partial charge in [-0.3, -0.25) is 19.4 Å². The molecule has 132 valence electrons. The second-order valence-corrected chi connectivity index (χ2v) is 6.70. The molecule has 0 atom stereocenters. The number of hydrogen-bond donors (Lipinski definition) is 1. The van der Waals surface area contributed by atoms with Crippen LogP contribution in [0.15, 0.2) is 0 Å². The van der Waals surface area contributed by atoms with E-state index in [0.717, 1.165) is 65.1 Å². The Bertz CT molecular complexity index is 373. The van der Waals surface area contributed by atoms with E-state index in [1.807, 2.05) is 4.90 Å². The topological polar surface area (TPSA) is 55.9 Å². The number of carbonyl (C=O) groups excluding carboxylic acids is 2. The van der Waals surface area contributed by atoms with Crippen LogP contribution < -0.4 is 5.32 Å². The van der Waals surface area contributed by atoms with Crippen LogP contribution in [0.2, 0.25) is 0 Å². The Labute approximate surface area is 140 Å². The minimum Gasteiger partial charge on any atom is -0.355 e. The predicted octanol–water partition coefficient (Wildman–Crippen LogP) is 0.533. The van der Waals surface area contributed by atoms with Crippen molar-refractivity contribution in [2.24, 2.45) is 0 Å². The second kappa shape index (κ2) is 9.88. The van der Waals surface area contributed by atoms with Crippen molar-refractivity contribution in [1.29, 1.82) is 0 Å². The molecule has 2 aliphatic heterocycles. The molecule has 0 aliphatic carbocycles. The van der Waals surface area contributed by atoms with E-state index < -0.39 is 0 Å². The van der Waals surface area contributed by atoms with E-state index in [0.29, 0.717) is 13.1 Å². The molecule has 23 heavy (non-hydrogen) atoms. The Hall–Kier alpha value is -1.14. The Kier molecular flexibility index (Phi) is 7.82. The minimum absolute atomic E-state index is 0.112. The fourth-order valence-electron chi connectivity index (χ4n) is 3.24. The van der Waals surface area contributed by atoms with E-state index in [2.05, 4.69) is 22.0 Å². The lowest BCUT2D eigenvalue weighted by Crippen LogP contribution is -2.52. The van der Waals surface area contributed by atoms with Crippen molar-refractivity contribution in [1.82, 2.24) is 20.0 Å². The molecule has 0 aromatic rings. The summed E-state index contributed by atoms with van der Waals surface area (Å²) in [5.41, 5.74) is 0. The molecule has 2 rings (SSSR count). The maximum Gasteiger partial charge on any atom is 0.236 e. The molecule has 0 spiro atoms. The average Bonchev–Trinajstić information content (AvgIpc) is 2.84. The van der Waals surface area contributed by atoms with Crippen LogP contribution in [0.25, 0.3) is 0 Å². The quantitative estimate of drug-likeness (QED) is 0.774. The summed E-state index contributed by atoms with van der Waals surface area (Å²) in [4.78, 5) is 30.6. The lowest BCUT2D eigenvalue weighted by atomic mass is 10.2.